The van der Waals surface area contributed by atoms with Crippen LogP contribution in [0.1, 0.15) is 28.0 Å². The molecular formula is C19H23N3O3. The maximum atomic E-state index is 11.2. The van der Waals surface area contributed by atoms with Gasteiger partial charge < -0.3 is 15.1 Å². The third kappa shape index (κ3) is 4.28. The second-order valence-electron chi connectivity index (χ2n) is 6.43. The summed E-state index contributed by atoms with van der Waals surface area (Å²) in [7, 11) is 0. The van der Waals surface area contributed by atoms with E-state index >= 15 is 0 Å². The van der Waals surface area contributed by atoms with Crippen molar-refractivity contribution in [2.24, 2.45) is 0 Å². The Balaban J connectivity index is 1.66. The molecule has 1 fully saturated rings. The predicted octanol–water partition coefficient (Wildman–Crippen LogP) is 2.51. The lowest BCUT2D eigenvalue weighted by molar-refractivity contribution is 0.0693. The number of phenols is 1. The van der Waals surface area contributed by atoms with Gasteiger partial charge in [0.15, 0.2) is 0 Å². The van der Waals surface area contributed by atoms with E-state index in [1.165, 1.54) is 11.8 Å². The lowest BCUT2D eigenvalue weighted by atomic mass is 10.1. The van der Waals surface area contributed by atoms with Crippen LogP contribution in [0, 0.1) is 6.92 Å². The molecule has 2 heterocycles. The van der Waals surface area contributed by atoms with E-state index in [9.17, 15) is 9.90 Å². The van der Waals surface area contributed by atoms with Crippen LogP contribution in [-0.4, -0.2) is 52.2 Å². The molecule has 2 aromatic rings. The first kappa shape index (κ1) is 17.2. The average molecular weight is 341 g/mol. The number of hydrogen-bond donors (Lipinski definition) is 2. The third-order valence-corrected chi connectivity index (χ3v) is 4.53. The Kier molecular flexibility index (Phi) is 5.19. The lowest BCUT2D eigenvalue weighted by Crippen LogP contribution is -2.30. The molecular weight excluding hydrogens is 318 g/mol. The van der Waals surface area contributed by atoms with Crippen LogP contribution in [0.15, 0.2) is 36.5 Å². The first-order valence-corrected chi connectivity index (χ1v) is 8.48. The van der Waals surface area contributed by atoms with Crippen molar-refractivity contribution in [3.05, 3.63) is 53.3 Å². The number of aromatic carboxylic acids is 1. The summed E-state index contributed by atoms with van der Waals surface area (Å²) in [6.45, 7) is 6.47. The highest BCUT2D eigenvalue weighted by molar-refractivity contribution is 5.90. The van der Waals surface area contributed by atoms with Crippen molar-refractivity contribution in [1.29, 1.82) is 0 Å². The van der Waals surface area contributed by atoms with Crippen LogP contribution < -0.4 is 4.90 Å². The van der Waals surface area contributed by atoms with E-state index < -0.39 is 5.97 Å². The van der Waals surface area contributed by atoms with Gasteiger partial charge in [0.05, 0.1) is 0 Å². The zero-order valence-corrected chi connectivity index (χ0v) is 14.4. The number of carboxylic acids is 1. The fourth-order valence-electron chi connectivity index (χ4n) is 3.23. The highest BCUT2D eigenvalue weighted by Crippen LogP contribution is 2.21. The first-order chi connectivity index (χ1) is 12.0. The van der Waals surface area contributed by atoms with Crippen molar-refractivity contribution in [2.75, 3.05) is 31.1 Å². The van der Waals surface area contributed by atoms with Crippen LogP contribution in [0.2, 0.25) is 0 Å². The Morgan fingerprint density at radius 1 is 1.16 bits per heavy atom. The highest BCUT2D eigenvalue weighted by Gasteiger charge is 2.17. The number of hydrogen-bond acceptors (Lipinski definition) is 5. The van der Waals surface area contributed by atoms with Crippen molar-refractivity contribution in [1.82, 2.24) is 9.88 Å². The molecule has 0 unspecified atom stereocenters. The Morgan fingerprint density at radius 3 is 2.76 bits per heavy atom. The second-order valence-corrected chi connectivity index (χ2v) is 6.43. The van der Waals surface area contributed by atoms with E-state index in [1.54, 1.807) is 12.1 Å². The molecule has 0 bridgehead atoms. The monoisotopic (exact) mass is 341 g/mol. The van der Waals surface area contributed by atoms with E-state index in [0.29, 0.717) is 6.54 Å². The van der Waals surface area contributed by atoms with Crippen LogP contribution in [0.5, 0.6) is 5.75 Å². The van der Waals surface area contributed by atoms with E-state index in [1.807, 2.05) is 19.2 Å². The molecule has 25 heavy (non-hydrogen) atoms. The van der Waals surface area contributed by atoms with Gasteiger partial charge in [0, 0.05) is 50.3 Å². The minimum Gasteiger partial charge on any atom is -0.507 e. The van der Waals surface area contributed by atoms with Crippen molar-refractivity contribution in [3.63, 3.8) is 0 Å². The molecule has 132 valence electrons. The van der Waals surface area contributed by atoms with Crippen LogP contribution in [0.25, 0.3) is 0 Å². The van der Waals surface area contributed by atoms with E-state index in [-0.39, 0.29) is 11.3 Å². The number of aromatic hydroxyl groups is 1. The van der Waals surface area contributed by atoms with Crippen molar-refractivity contribution in [3.8, 4) is 5.75 Å². The van der Waals surface area contributed by atoms with Gasteiger partial charge in [0.1, 0.15) is 11.3 Å². The maximum absolute atomic E-state index is 11.2. The van der Waals surface area contributed by atoms with E-state index in [4.69, 9.17) is 5.11 Å². The Labute approximate surface area is 147 Å². The molecule has 6 heteroatoms. The van der Waals surface area contributed by atoms with Crippen molar-refractivity contribution < 1.29 is 15.0 Å². The minimum absolute atomic E-state index is 0.0405. The SMILES string of the molecule is Cc1cc(N2CCCN(Cc3ccc(O)c(C(=O)O)c3)CC2)ccn1. The number of aryl methyl sites for hydroxylation is 1. The van der Waals surface area contributed by atoms with E-state index in [0.717, 1.165) is 43.9 Å². The summed E-state index contributed by atoms with van der Waals surface area (Å²) in [4.78, 5) is 20.1. The maximum Gasteiger partial charge on any atom is 0.339 e. The number of aromatic nitrogens is 1. The standard InChI is InChI=1S/C19H23N3O3/c1-14-11-16(5-6-20-14)22-8-2-7-21(9-10-22)13-15-3-4-18(23)17(12-15)19(24)25/h3-6,11-12,23H,2,7-10,13H2,1H3,(H,24,25). The molecule has 1 saturated heterocycles. The minimum atomic E-state index is -1.10. The molecule has 2 N–H and O–H groups in total. The number of pyridine rings is 1. The first-order valence-electron chi connectivity index (χ1n) is 8.48. The largest absolute Gasteiger partial charge is 0.507 e. The molecule has 3 rings (SSSR count). The molecule has 0 saturated carbocycles. The van der Waals surface area contributed by atoms with Crippen molar-refractivity contribution in [2.45, 2.75) is 19.9 Å². The zero-order valence-electron chi connectivity index (χ0n) is 14.4. The molecule has 0 radical (unpaired) electrons. The molecule has 1 aliphatic heterocycles. The summed E-state index contributed by atoms with van der Waals surface area (Å²) in [6.07, 6.45) is 2.89. The topological polar surface area (TPSA) is 76.9 Å². The molecule has 0 atom stereocenters. The number of benzene rings is 1. The smallest absolute Gasteiger partial charge is 0.339 e. The van der Waals surface area contributed by atoms with Gasteiger partial charge in [-0.1, -0.05) is 6.07 Å². The van der Waals surface area contributed by atoms with Gasteiger partial charge in [0.25, 0.3) is 0 Å². The van der Waals surface area contributed by atoms with Crippen LogP contribution in [0.3, 0.4) is 0 Å². The van der Waals surface area contributed by atoms with Gasteiger partial charge in [-0.2, -0.15) is 0 Å². The van der Waals surface area contributed by atoms with Gasteiger partial charge in [-0.3, -0.25) is 9.88 Å². The summed E-state index contributed by atoms with van der Waals surface area (Å²) in [6, 6.07) is 8.96. The highest BCUT2D eigenvalue weighted by atomic mass is 16.4. The van der Waals surface area contributed by atoms with E-state index in [2.05, 4.69) is 20.9 Å². The lowest BCUT2D eigenvalue weighted by Gasteiger charge is -2.24. The molecule has 0 aliphatic carbocycles. The van der Waals surface area contributed by atoms with Crippen molar-refractivity contribution >= 4 is 11.7 Å². The van der Waals surface area contributed by atoms with Crippen LogP contribution in [0.4, 0.5) is 5.69 Å². The molecule has 0 spiro atoms. The number of nitrogens with zero attached hydrogens (tertiary/aromatic N) is 3. The fraction of sp³-hybridized carbons (Fsp3) is 0.368. The number of rotatable bonds is 4. The van der Waals surface area contributed by atoms with Gasteiger partial charge in [-0.05, 0) is 43.2 Å². The number of carboxylic acid groups (broad SMARTS) is 1. The third-order valence-electron chi connectivity index (χ3n) is 4.53. The summed E-state index contributed by atoms with van der Waals surface area (Å²) < 4.78 is 0. The summed E-state index contributed by atoms with van der Waals surface area (Å²) in [5.41, 5.74) is 3.08. The summed E-state index contributed by atoms with van der Waals surface area (Å²) in [5, 5.41) is 18.8. The van der Waals surface area contributed by atoms with Gasteiger partial charge in [0.2, 0.25) is 0 Å². The number of anilines is 1. The van der Waals surface area contributed by atoms with Crippen LogP contribution in [-0.2, 0) is 6.54 Å². The summed E-state index contributed by atoms with van der Waals surface area (Å²) in [5.74, 6) is -1.29. The molecule has 1 aliphatic rings. The second kappa shape index (κ2) is 7.53. The van der Waals surface area contributed by atoms with Crippen LogP contribution >= 0.6 is 0 Å². The zero-order chi connectivity index (χ0) is 17.8. The quantitative estimate of drug-likeness (QED) is 0.890. The normalized spacial score (nSPS) is 15.8. The Hall–Kier alpha value is -2.60. The molecule has 1 aromatic heterocycles. The molecule has 6 nitrogen and oxygen atoms in total. The van der Waals surface area contributed by atoms with Gasteiger partial charge >= 0.3 is 5.97 Å². The molecule has 1 aromatic carbocycles. The Bertz CT molecular complexity index is 763. The summed E-state index contributed by atoms with van der Waals surface area (Å²) >= 11 is 0. The fourth-order valence-corrected chi connectivity index (χ4v) is 3.23. The van der Waals surface area contributed by atoms with Gasteiger partial charge in [-0.25, -0.2) is 4.79 Å². The predicted molar refractivity (Wildman–Crippen MR) is 96.1 cm³/mol. The van der Waals surface area contributed by atoms with Gasteiger partial charge in [-0.15, -0.1) is 0 Å². The number of carbonyl (C=O) groups is 1. The average Bonchev–Trinajstić information content (AvgIpc) is 2.82. The Morgan fingerprint density at radius 2 is 2.00 bits per heavy atom. The molecule has 0 amide bonds.